The Morgan fingerprint density at radius 1 is 1.00 bits per heavy atom. The summed E-state index contributed by atoms with van der Waals surface area (Å²) in [6.07, 6.45) is 4.89. The van der Waals surface area contributed by atoms with Crippen molar-refractivity contribution in [2.24, 2.45) is 0 Å². The molecule has 0 amide bonds. The first-order chi connectivity index (χ1) is 14.2. The fourth-order valence-electron chi connectivity index (χ4n) is 5.38. The summed E-state index contributed by atoms with van der Waals surface area (Å²) in [5, 5.41) is 1.48. The van der Waals surface area contributed by atoms with Gasteiger partial charge in [-0.2, -0.15) is 0 Å². The molecule has 1 aliphatic heterocycles. The van der Waals surface area contributed by atoms with Gasteiger partial charge in [-0.05, 0) is 56.4 Å². The van der Waals surface area contributed by atoms with Gasteiger partial charge >= 0.3 is 0 Å². The standard InChI is InChI=1S/C25H30N2O2/c1-17-8-11-22-21(14-17)20-6-4-7-23-25(20)27(22)13-5-12-26(23)16-18-9-10-19(28-2)15-24(18)29-3/h8-11,14-15,23H,4-7,12-13,16H2,1-3H3. The fourth-order valence-corrected chi connectivity index (χ4v) is 5.38. The second-order valence-electron chi connectivity index (χ2n) is 8.45. The molecule has 2 aliphatic rings. The zero-order valence-corrected chi connectivity index (χ0v) is 17.7. The molecule has 2 aromatic carbocycles. The molecule has 1 atom stereocenters. The molecule has 2 heterocycles. The molecule has 1 aromatic heterocycles. The maximum absolute atomic E-state index is 5.69. The van der Waals surface area contributed by atoms with Crippen LogP contribution in [0.15, 0.2) is 36.4 Å². The number of hydrogen-bond donors (Lipinski definition) is 0. The van der Waals surface area contributed by atoms with Crippen LogP contribution in [0, 0.1) is 6.92 Å². The first kappa shape index (κ1) is 18.6. The van der Waals surface area contributed by atoms with E-state index in [0.717, 1.165) is 31.1 Å². The van der Waals surface area contributed by atoms with Crippen LogP contribution in [-0.2, 0) is 19.5 Å². The average molecular weight is 391 g/mol. The van der Waals surface area contributed by atoms with E-state index in [2.05, 4.69) is 40.7 Å². The van der Waals surface area contributed by atoms with Crippen LogP contribution in [-0.4, -0.2) is 30.2 Å². The predicted molar refractivity (Wildman–Crippen MR) is 117 cm³/mol. The van der Waals surface area contributed by atoms with Crippen LogP contribution in [0.5, 0.6) is 11.5 Å². The number of methoxy groups -OCH3 is 2. The molecule has 0 saturated heterocycles. The molecule has 29 heavy (non-hydrogen) atoms. The number of aryl methyl sites for hydroxylation is 3. The highest BCUT2D eigenvalue weighted by Crippen LogP contribution is 2.43. The van der Waals surface area contributed by atoms with Gasteiger partial charge in [-0.15, -0.1) is 0 Å². The fraction of sp³-hybridized carbons (Fsp3) is 0.440. The summed E-state index contributed by atoms with van der Waals surface area (Å²) in [5.74, 6) is 1.76. The molecule has 0 saturated carbocycles. The number of hydrogen-bond acceptors (Lipinski definition) is 3. The third-order valence-corrected chi connectivity index (χ3v) is 6.72. The Bertz CT molecular complexity index is 1050. The molecule has 0 spiro atoms. The van der Waals surface area contributed by atoms with Gasteiger partial charge in [0, 0.05) is 47.9 Å². The van der Waals surface area contributed by atoms with Gasteiger partial charge in [0.2, 0.25) is 0 Å². The van der Waals surface area contributed by atoms with Crippen molar-refractivity contribution in [3.05, 3.63) is 58.8 Å². The van der Waals surface area contributed by atoms with Gasteiger partial charge in [0.25, 0.3) is 0 Å². The van der Waals surface area contributed by atoms with Crippen LogP contribution >= 0.6 is 0 Å². The van der Waals surface area contributed by atoms with Gasteiger partial charge < -0.3 is 14.0 Å². The topological polar surface area (TPSA) is 26.6 Å². The van der Waals surface area contributed by atoms with E-state index in [-0.39, 0.29) is 0 Å². The highest BCUT2D eigenvalue weighted by atomic mass is 16.5. The lowest BCUT2D eigenvalue weighted by atomic mass is 9.90. The van der Waals surface area contributed by atoms with E-state index in [0.29, 0.717) is 6.04 Å². The maximum atomic E-state index is 5.69. The van der Waals surface area contributed by atoms with Gasteiger partial charge in [-0.25, -0.2) is 0 Å². The molecule has 5 rings (SSSR count). The van der Waals surface area contributed by atoms with Crippen LogP contribution in [0.4, 0.5) is 0 Å². The van der Waals surface area contributed by atoms with Crippen molar-refractivity contribution >= 4 is 10.9 Å². The van der Waals surface area contributed by atoms with Crippen molar-refractivity contribution in [3.8, 4) is 11.5 Å². The van der Waals surface area contributed by atoms with E-state index in [1.54, 1.807) is 25.5 Å². The minimum Gasteiger partial charge on any atom is -0.497 e. The largest absolute Gasteiger partial charge is 0.497 e. The summed E-state index contributed by atoms with van der Waals surface area (Å²) >= 11 is 0. The van der Waals surface area contributed by atoms with Crippen molar-refractivity contribution in [3.63, 3.8) is 0 Å². The Labute approximate surface area is 173 Å². The first-order valence-electron chi connectivity index (χ1n) is 10.8. The normalized spacial score (nSPS) is 19.1. The monoisotopic (exact) mass is 390 g/mol. The molecule has 0 bridgehead atoms. The molecule has 4 nitrogen and oxygen atoms in total. The Morgan fingerprint density at radius 2 is 1.90 bits per heavy atom. The second kappa shape index (κ2) is 7.42. The zero-order valence-electron chi connectivity index (χ0n) is 17.7. The van der Waals surface area contributed by atoms with Crippen molar-refractivity contribution in [2.75, 3.05) is 20.8 Å². The summed E-state index contributed by atoms with van der Waals surface area (Å²) in [7, 11) is 3.45. The third kappa shape index (κ3) is 3.10. The molecule has 0 radical (unpaired) electrons. The molecule has 1 aliphatic carbocycles. The number of aromatic nitrogens is 1. The zero-order chi connectivity index (χ0) is 20.0. The molecular weight excluding hydrogens is 360 g/mol. The highest BCUT2D eigenvalue weighted by Gasteiger charge is 2.33. The van der Waals surface area contributed by atoms with Crippen molar-refractivity contribution in [1.82, 2.24) is 9.47 Å². The summed E-state index contributed by atoms with van der Waals surface area (Å²) in [4.78, 5) is 2.68. The molecule has 152 valence electrons. The number of ether oxygens (including phenoxy) is 2. The van der Waals surface area contributed by atoms with Crippen LogP contribution < -0.4 is 9.47 Å². The molecule has 4 heteroatoms. The van der Waals surface area contributed by atoms with Crippen molar-refractivity contribution < 1.29 is 9.47 Å². The van der Waals surface area contributed by atoms with Crippen LogP contribution in [0.3, 0.4) is 0 Å². The quantitative estimate of drug-likeness (QED) is 0.609. The van der Waals surface area contributed by atoms with Gasteiger partial charge in [-0.3, -0.25) is 4.90 Å². The summed E-state index contributed by atoms with van der Waals surface area (Å²) in [6, 6.07) is 13.7. The average Bonchev–Trinajstić information content (AvgIpc) is 2.93. The van der Waals surface area contributed by atoms with Crippen LogP contribution in [0.1, 0.15) is 47.7 Å². The van der Waals surface area contributed by atoms with Crippen LogP contribution in [0.2, 0.25) is 0 Å². The highest BCUT2D eigenvalue weighted by molar-refractivity contribution is 5.87. The Hall–Kier alpha value is -2.46. The molecular formula is C25H30N2O2. The lowest BCUT2D eigenvalue weighted by Gasteiger charge is -2.34. The van der Waals surface area contributed by atoms with Gasteiger partial charge in [0.1, 0.15) is 11.5 Å². The summed E-state index contributed by atoms with van der Waals surface area (Å²) in [6.45, 7) is 5.35. The SMILES string of the molecule is COc1ccc(CN2CCCn3c4c(c5cc(C)ccc53)CCCC42)c(OC)c1. The lowest BCUT2D eigenvalue weighted by Crippen LogP contribution is -2.31. The number of fused-ring (bicyclic) bond motifs is 3. The van der Waals surface area contributed by atoms with E-state index in [1.165, 1.54) is 47.7 Å². The van der Waals surface area contributed by atoms with E-state index >= 15 is 0 Å². The maximum Gasteiger partial charge on any atom is 0.127 e. The first-order valence-corrected chi connectivity index (χ1v) is 10.8. The van der Waals surface area contributed by atoms with E-state index in [9.17, 15) is 0 Å². The minimum atomic E-state index is 0.487. The molecule has 3 aromatic rings. The summed E-state index contributed by atoms with van der Waals surface area (Å²) in [5.41, 5.74) is 7.18. The Balaban J connectivity index is 1.56. The summed E-state index contributed by atoms with van der Waals surface area (Å²) < 4.78 is 13.7. The molecule has 0 N–H and O–H groups in total. The molecule has 1 unspecified atom stereocenters. The third-order valence-electron chi connectivity index (χ3n) is 6.72. The van der Waals surface area contributed by atoms with Crippen molar-refractivity contribution in [2.45, 2.75) is 51.7 Å². The number of nitrogens with zero attached hydrogens (tertiary/aromatic N) is 2. The van der Waals surface area contributed by atoms with Gasteiger partial charge in [-0.1, -0.05) is 17.7 Å². The van der Waals surface area contributed by atoms with E-state index in [4.69, 9.17) is 9.47 Å². The van der Waals surface area contributed by atoms with Crippen LogP contribution in [0.25, 0.3) is 10.9 Å². The van der Waals surface area contributed by atoms with E-state index < -0.39 is 0 Å². The predicted octanol–water partition coefficient (Wildman–Crippen LogP) is 5.25. The Kier molecular flexibility index (Phi) is 4.75. The van der Waals surface area contributed by atoms with Crippen molar-refractivity contribution in [1.29, 1.82) is 0 Å². The number of benzene rings is 2. The second-order valence-corrected chi connectivity index (χ2v) is 8.45. The van der Waals surface area contributed by atoms with Gasteiger partial charge in [0.15, 0.2) is 0 Å². The lowest BCUT2D eigenvalue weighted by molar-refractivity contribution is 0.171. The number of rotatable bonds is 4. The Morgan fingerprint density at radius 3 is 2.72 bits per heavy atom. The minimum absolute atomic E-state index is 0.487. The smallest absolute Gasteiger partial charge is 0.127 e. The van der Waals surface area contributed by atoms with E-state index in [1.807, 2.05) is 12.1 Å². The van der Waals surface area contributed by atoms with Gasteiger partial charge in [0.05, 0.1) is 20.3 Å². The molecule has 0 fully saturated rings.